The summed E-state index contributed by atoms with van der Waals surface area (Å²) in [5, 5.41) is 91.4. The molecule has 0 aromatic carbocycles. The van der Waals surface area contributed by atoms with Crippen LogP contribution in [0.2, 0.25) is 0 Å². The number of amides is 2. The molecule has 3 saturated heterocycles. The Balaban J connectivity index is 1.44. The Morgan fingerprint density at radius 3 is 1.98 bits per heavy atom. The lowest BCUT2D eigenvalue weighted by molar-refractivity contribution is -0.346. The summed E-state index contributed by atoms with van der Waals surface area (Å²) in [7, 11) is 0. The van der Waals surface area contributed by atoms with E-state index in [9.17, 15) is 60.0 Å². The molecule has 11 N–H and O–H groups in total. The first-order chi connectivity index (χ1) is 28.0. The zero-order valence-electron chi connectivity index (χ0n) is 33.8. The number of allylic oxidation sites excluding steroid dienone is 1. The predicted molar refractivity (Wildman–Crippen MR) is 207 cm³/mol. The van der Waals surface area contributed by atoms with Crippen molar-refractivity contribution in [1.82, 2.24) is 20.2 Å². The number of ether oxygens (including phenoxy) is 4. The van der Waals surface area contributed by atoms with Crippen LogP contribution in [0, 0.1) is 5.92 Å². The lowest BCUT2D eigenvalue weighted by Crippen LogP contribution is -2.68. The molecule has 59 heavy (non-hydrogen) atoms. The number of carbonyl (C=O) groups excluding carboxylic acids is 2. The minimum Gasteiger partial charge on any atom is -0.394 e. The summed E-state index contributed by atoms with van der Waals surface area (Å²) in [6.45, 7) is 4.81. The van der Waals surface area contributed by atoms with Crippen molar-refractivity contribution in [1.29, 1.82) is 0 Å². The highest BCUT2D eigenvalue weighted by molar-refractivity contribution is 5.87. The quantitative estimate of drug-likeness (QED) is 0.0467. The van der Waals surface area contributed by atoms with Crippen molar-refractivity contribution in [3.63, 3.8) is 0 Å². The molecule has 1 aromatic rings. The predicted octanol–water partition coefficient (Wildman–Crippen LogP) is -2.09. The van der Waals surface area contributed by atoms with E-state index in [-0.39, 0.29) is 0 Å². The Morgan fingerprint density at radius 1 is 0.814 bits per heavy atom. The van der Waals surface area contributed by atoms with Crippen LogP contribution in [0.5, 0.6) is 0 Å². The molecule has 4 rings (SSSR count). The lowest BCUT2D eigenvalue weighted by atomic mass is 9.91. The van der Waals surface area contributed by atoms with Crippen LogP contribution in [0.1, 0.15) is 97.6 Å². The summed E-state index contributed by atoms with van der Waals surface area (Å²) in [5.74, 6) is -0.621. The number of aromatic nitrogens is 2. The summed E-state index contributed by atoms with van der Waals surface area (Å²) < 4.78 is 24.1. The highest BCUT2D eigenvalue weighted by Gasteiger charge is 2.53. The second-order valence-electron chi connectivity index (χ2n) is 16.1. The second kappa shape index (κ2) is 23.2. The van der Waals surface area contributed by atoms with Crippen LogP contribution in [0.15, 0.2) is 34.0 Å². The number of unbranched alkanes of at least 4 members (excludes halogenated alkanes) is 8. The highest BCUT2D eigenvalue weighted by atomic mass is 16.8. The normalized spacial score (nSPS) is 34.3. The van der Waals surface area contributed by atoms with Gasteiger partial charge < -0.3 is 70.4 Å². The van der Waals surface area contributed by atoms with Gasteiger partial charge in [-0.05, 0) is 24.8 Å². The Morgan fingerprint density at radius 2 is 1.39 bits per heavy atom. The minimum atomic E-state index is -1.85. The van der Waals surface area contributed by atoms with E-state index in [4.69, 9.17) is 18.9 Å². The average molecular weight is 845 g/mol. The largest absolute Gasteiger partial charge is 0.394 e. The number of aliphatic hydroxyl groups is 8. The Kier molecular flexibility index (Phi) is 19.1. The van der Waals surface area contributed by atoms with E-state index in [1.54, 1.807) is 6.08 Å². The molecule has 2 amide bonds. The van der Waals surface area contributed by atoms with Crippen LogP contribution in [0.4, 0.5) is 0 Å². The Bertz CT molecular complexity index is 1610. The van der Waals surface area contributed by atoms with Gasteiger partial charge in [0.25, 0.3) is 5.56 Å². The highest BCUT2D eigenvalue weighted by Crippen LogP contribution is 2.34. The summed E-state index contributed by atoms with van der Waals surface area (Å²) >= 11 is 0. The molecule has 0 bridgehead atoms. The number of carbonyl (C=O) groups is 2. The maximum Gasteiger partial charge on any atom is 0.330 e. The van der Waals surface area contributed by atoms with Crippen molar-refractivity contribution in [3.8, 4) is 0 Å². The Hall–Kier alpha value is -3.12. The van der Waals surface area contributed by atoms with Gasteiger partial charge in [0.05, 0.1) is 18.8 Å². The van der Waals surface area contributed by atoms with Gasteiger partial charge >= 0.3 is 5.69 Å². The smallest absolute Gasteiger partial charge is 0.330 e. The van der Waals surface area contributed by atoms with Gasteiger partial charge in [-0.1, -0.05) is 71.3 Å². The van der Waals surface area contributed by atoms with E-state index in [1.165, 1.54) is 38.2 Å². The van der Waals surface area contributed by atoms with Gasteiger partial charge in [-0.3, -0.25) is 23.9 Å². The van der Waals surface area contributed by atoms with Crippen LogP contribution in [-0.2, 0) is 28.5 Å². The summed E-state index contributed by atoms with van der Waals surface area (Å²) in [4.78, 5) is 51.1. The molecular weight excluding hydrogens is 780 g/mol. The third-order valence-electron chi connectivity index (χ3n) is 11.0. The van der Waals surface area contributed by atoms with Crippen molar-refractivity contribution in [2.45, 2.75) is 183 Å². The molecule has 20 heteroatoms. The number of aromatic amines is 1. The van der Waals surface area contributed by atoms with E-state index in [2.05, 4.69) is 24.5 Å². The van der Waals surface area contributed by atoms with Crippen molar-refractivity contribution in [2.75, 3.05) is 6.61 Å². The number of nitrogens with one attached hydrogen (secondary N) is 3. The van der Waals surface area contributed by atoms with E-state index in [0.717, 1.165) is 55.4 Å². The van der Waals surface area contributed by atoms with Crippen LogP contribution in [0.3, 0.4) is 0 Å². The van der Waals surface area contributed by atoms with Gasteiger partial charge in [0, 0.05) is 25.6 Å². The van der Waals surface area contributed by atoms with Gasteiger partial charge in [-0.25, -0.2) is 4.79 Å². The maximum atomic E-state index is 13.1. The topological polar surface area (TPSA) is 312 Å². The molecule has 20 nitrogen and oxygen atoms in total. The molecular formula is C39H64N4O16. The molecule has 0 unspecified atom stereocenters. The number of hydrogen-bond donors (Lipinski definition) is 11. The van der Waals surface area contributed by atoms with E-state index < -0.39 is 128 Å². The first-order valence-corrected chi connectivity index (χ1v) is 20.6. The number of nitrogens with zero attached hydrogens (tertiary/aromatic N) is 1. The Labute approximate surface area is 342 Å². The third-order valence-corrected chi connectivity index (χ3v) is 11.0. The van der Waals surface area contributed by atoms with Gasteiger partial charge in [-0.15, -0.1) is 0 Å². The van der Waals surface area contributed by atoms with Crippen molar-refractivity contribution >= 4 is 11.8 Å². The first-order valence-electron chi connectivity index (χ1n) is 20.6. The van der Waals surface area contributed by atoms with E-state index in [1.807, 2.05) is 4.98 Å². The molecule has 3 aliphatic rings. The second-order valence-corrected chi connectivity index (χ2v) is 16.1. The van der Waals surface area contributed by atoms with Gasteiger partial charge in [-0.2, -0.15) is 0 Å². The molecule has 336 valence electrons. The number of H-pyrrole nitrogens is 1. The first kappa shape index (κ1) is 48.5. The fraction of sp³-hybridized carbons (Fsp3) is 0.795. The zero-order chi connectivity index (χ0) is 43.4. The van der Waals surface area contributed by atoms with E-state index in [0.29, 0.717) is 6.42 Å². The molecule has 3 fully saturated rings. The fourth-order valence-corrected chi connectivity index (χ4v) is 7.63. The standard InChI is InChI=1S/C39H64N4O16/c1-20(2)14-12-10-8-6-4-5-7-9-11-13-15-25(47)41-28-32(52)29(49)23(56-38(28)59-37-27(40-21(3)45)31(51)30(50)24(19-44)57-37)18-22(46)35-33(53)34(54)36(58-35)43-17-16-26(48)42-39(43)55/h13,15-17,20,22-24,27-38,44,46,49-54H,4-12,14,18-19H2,1-3H3,(H,40,45)(H,41,47)(H,42,48,55)/b15-13+/t22-,23+,24+,27+,28+,29-,30+,31+,32+,33-,34+,35+,36+,37-,38-/m0/s1. The molecule has 0 saturated carbocycles. The van der Waals surface area contributed by atoms with Gasteiger partial charge in [0.15, 0.2) is 18.8 Å². The summed E-state index contributed by atoms with van der Waals surface area (Å²) in [6.07, 6.45) is -7.65. The number of rotatable bonds is 21. The monoisotopic (exact) mass is 844 g/mol. The van der Waals surface area contributed by atoms with Crippen molar-refractivity contribution in [3.05, 3.63) is 45.3 Å². The van der Waals surface area contributed by atoms with Crippen LogP contribution in [0.25, 0.3) is 0 Å². The summed E-state index contributed by atoms with van der Waals surface area (Å²) in [6, 6.07) is -2.01. The maximum absolute atomic E-state index is 13.1. The van der Waals surface area contributed by atoms with Crippen LogP contribution >= 0.6 is 0 Å². The molecule has 0 spiro atoms. The van der Waals surface area contributed by atoms with Crippen molar-refractivity contribution in [2.24, 2.45) is 5.92 Å². The molecule has 1 aromatic heterocycles. The number of hydrogen-bond acceptors (Lipinski definition) is 16. The summed E-state index contributed by atoms with van der Waals surface area (Å²) in [5.41, 5.74) is -1.68. The lowest BCUT2D eigenvalue weighted by Gasteiger charge is -2.47. The van der Waals surface area contributed by atoms with Crippen LogP contribution < -0.4 is 21.9 Å². The molecule has 0 aliphatic carbocycles. The molecule has 4 heterocycles. The molecule has 15 atom stereocenters. The van der Waals surface area contributed by atoms with Crippen LogP contribution in [-0.4, -0.2) is 155 Å². The third kappa shape index (κ3) is 13.4. The van der Waals surface area contributed by atoms with Gasteiger partial charge in [0.1, 0.15) is 60.9 Å². The average Bonchev–Trinajstić information content (AvgIpc) is 3.47. The zero-order valence-corrected chi connectivity index (χ0v) is 33.8. The number of aliphatic hydroxyl groups excluding tert-OH is 8. The molecule has 3 aliphatic heterocycles. The van der Waals surface area contributed by atoms with Crippen molar-refractivity contribution < 1.29 is 69.4 Å². The molecule has 0 radical (unpaired) electrons. The SMILES string of the molecule is CC(=O)N[C@H]1[C@H](O[C@@H]2O[C@H](C[C@H](O)[C@H]3O[C@@H](n4ccc(=O)[nH]c4=O)[C@H](O)[C@@H]3O)[C@H](O)[C@H](O)[C@H]2NC(=O)/C=C/CCCCCCCCCCC(C)C)O[C@H](CO)[C@@H](O)[C@@H]1O. The van der Waals surface area contributed by atoms with E-state index >= 15 is 0 Å². The fourth-order valence-electron chi connectivity index (χ4n) is 7.63. The van der Waals surface area contributed by atoms with Gasteiger partial charge in [0.2, 0.25) is 11.8 Å². The minimum absolute atomic E-state index is 0.597.